The minimum Gasteiger partial charge on any atom is -0.381 e. The molecule has 1 aliphatic carbocycles. The van der Waals surface area contributed by atoms with Gasteiger partial charge in [-0.3, -0.25) is 0 Å². The fourth-order valence-corrected chi connectivity index (χ4v) is 5.67. The first kappa shape index (κ1) is 22.5. The molecule has 0 radical (unpaired) electrons. The van der Waals surface area contributed by atoms with Crippen LogP contribution >= 0.6 is 0 Å². The van der Waals surface area contributed by atoms with Gasteiger partial charge in [-0.1, -0.05) is 6.07 Å². The summed E-state index contributed by atoms with van der Waals surface area (Å²) in [4.78, 5) is 2.49. The summed E-state index contributed by atoms with van der Waals surface area (Å²) in [6.07, 6.45) is -1.83. The lowest BCUT2D eigenvalue weighted by Gasteiger charge is -2.23. The number of fused-ring (bicyclic) bond motifs is 1. The molecular weight excluding hydrogens is 436 g/mol. The second-order valence-corrected chi connectivity index (χ2v) is 9.73. The fourth-order valence-electron chi connectivity index (χ4n) is 5.67. The summed E-state index contributed by atoms with van der Waals surface area (Å²) in [7, 11) is 0. The van der Waals surface area contributed by atoms with E-state index in [-0.39, 0.29) is 17.6 Å². The summed E-state index contributed by atoms with van der Waals surface area (Å²) in [6.45, 7) is 6.42. The monoisotopic (exact) mass is 464 g/mol. The molecule has 5 nitrogen and oxygen atoms in total. The molecular formula is C24H28F4N4O. The first-order valence-corrected chi connectivity index (χ1v) is 11.5. The minimum atomic E-state index is -4.59. The van der Waals surface area contributed by atoms with Gasteiger partial charge in [-0.25, -0.2) is 4.39 Å². The number of alkyl halides is 3. The standard InChI is InChI=1S/C24H28F4N4O/c1-14-2-3-18(25)8-20(14)22-9-21(24(26,27)28)23(31-30-22)29-19-6-16-11-32(12-17(16)7-19)10-15-4-5-33-13-15/h2-3,8-9,15-17,19H,4-7,10-13H2,1H3,(H,29,31)/t15-,16+,17+/m0/s1. The van der Waals surface area contributed by atoms with Gasteiger partial charge in [-0.2, -0.15) is 13.2 Å². The number of halogens is 4. The smallest absolute Gasteiger partial charge is 0.381 e. The SMILES string of the molecule is Cc1ccc(F)cc1-c1cc(C(F)(F)F)c(NC2C[C@@H]3CN(C[C@@H]4CCOC4)C[C@H]3C2)nn1. The van der Waals surface area contributed by atoms with Crippen molar-refractivity contribution in [3.05, 3.63) is 41.2 Å². The molecule has 1 N–H and O–H groups in total. The van der Waals surface area contributed by atoms with Crippen molar-refractivity contribution in [1.29, 1.82) is 0 Å². The van der Waals surface area contributed by atoms with Gasteiger partial charge < -0.3 is 15.0 Å². The zero-order valence-electron chi connectivity index (χ0n) is 18.5. The summed E-state index contributed by atoms with van der Waals surface area (Å²) in [5.41, 5.74) is 0.0929. The molecule has 9 heteroatoms. The van der Waals surface area contributed by atoms with Crippen LogP contribution in [0.25, 0.3) is 11.3 Å². The lowest BCUT2D eigenvalue weighted by molar-refractivity contribution is -0.137. The maximum absolute atomic E-state index is 13.9. The number of nitrogens with zero attached hydrogens (tertiary/aromatic N) is 3. The zero-order valence-corrected chi connectivity index (χ0v) is 18.5. The highest BCUT2D eigenvalue weighted by Gasteiger charge is 2.43. The van der Waals surface area contributed by atoms with Crippen molar-refractivity contribution in [2.45, 2.75) is 38.4 Å². The Labute approximate surface area is 190 Å². The maximum Gasteiger partial charge on any atom is 0.420 e. The molecule has 33 heavy (non-hydrogen) atoms. The van der Waals surface area contributed by atoms with Gasteiger partial charge in [0, 0.05) is 37.8 Å². The lowest BCUT2D eigenvalue weighted by atomic mass is 10.0. The van der Waals surface area contributed by atoms with E-state index in [1.807, 2.05) is 0 Å². The third-order valence-corrected chi connectivity index (χ3v) is 7.28. The number of benzene rings is 1. The predicted octanol–water partition coefficient (Wildman–Crippen LogP) is 4.77. The van der Waals surface area contributed by atoms with Crippen LogP contribution in [0.15, 0.2) is 24.3 Å². The van der Waals surface area contributed by atoms with Crippen LogP contribution < -0.4 is 5.32 Å². The van der Waals surface area contributed by atoms with Crippen LogP contribution in [0.3, 0.4) is 0 Å². The minimum absolute atomic E-state index is 0.0136. The van der Waals surface area contributed by atoms with Crippen molar-refractivity contribution in [3.8, 4) is 11.3 Å². The Hall–Kier alpha value is -2.26. The van der Waals surface area contributed by atoms with Gasteiger partial charge in [0.1, 0.15) is 11.4 Å². The van der Waals surface area contributed by atoms with Crippen LogP contribution in [0.2, 0.25) is 0 Å². The third-order valence-electron chi connectivity index (χ3n) is 7.28. The van der Waals surface area contributed by atoms with Crippen LogP contribution in [0.4, 0.5) is 23.4 Å². The number of ether oxygens (including phenoxy) is 1. The molecule has 0 amide bonds. The third kappa shape index (κ3) is 4.84. The largest absolute Gasteiger partial charge is 0.420 e. The number of aryl methyl sites for hydroxylation is 1. The fraction of sp³-hybridized carbons (Fsp3) is 0.583. The van der Waals surface area contributed by atoms with E-state index in [1.165, 1.54) is 18.2 Å². The Morgan fingerprint density at radius 1 is 1.12 bits per heavy atom. The Kier molecular flexibility index (Phi) is 6.03. The van der Waals surface area contributed by atoms with Crippen molar-refractivity contribution < 1.29 is 22.3 Å². The predicted molar refractivity (Wildman–Crippen MR) is 116 cm³/mol. The summed E-state index contributed by atoms with van der Waals surface area (Å²) in [5.74, 6) is 0.802. The number of anilines is 1. The summed E-state index contributed by atoms with van der Waals surface area (Å²) < 4.78 is 60.8. The van der Waals surface area contributed by atoms with Crippen LogP contribution in [0, 0.1) is 30.5 Å². The highest BCUT2D eigenvalue weighted by atomic mass is 19.4. The number of hydrogen-bond acceptors (Lipinski definition) is 5. The molecule has 0 bridgehead atoms. The van der Waals surface area contributed by atoms with Crippen molar-refractivity contribution in [2.24, 2.45) is 17.8 Å². The highest BCUT2D eigenvalue weighted by molar-refractivity contribution is 5.65. The molecule has 1 saturated carbocycles. The van der Waals surface area contributed by atoms with Gasteiger partial charge in [-0.15, -0.1) is 10.2 Å². The Morgan fingerprint density at radius 2 is 1.88 bits per heavy atom. The van der Waals surface area contributed by atoms with E-state index in [0.717, 1.165) is 58.2 Å². The first-order chi connectivity index (χ1) is 15.8. The normalized spacial score (nSPS) is 26.2. The van der Waals surface area contributed by atoms with E-state index in [2.05, 4.69) is 20.4 Å². The number of rotatable bonds is 5. The molecule has 3 heterocycles. The Balaban J connectivity index is 1.29. The van der Waals surface area contributed by atoms with Gasteiger partial charge in [0.15, 0.2) is 5.82 Å². The van der Waals surface area contributed by atoms with Gasteiger partial charge in [0.2, 0.25) is 0 Å². The van der Waals surface area contributed by atoms with Gasteiger partial charge in [0.05, 0.1) is 12.3 Å². The molecule has 0 unspecified atom stereocenters. The summed E-state index contributed by atoms with van der Waals surface area (Å²) in [5, 5.41) is 10.9. The highest BCUT2D eigenvalue weighted by Crippen LogP contribution is 2.42. The summed E-state index contributed by atoms with van der Waals surface area (Å²) >= 11 is 0. The van der Waals surface area contributed by atoms with Crippen LogP contribution in [0.1, 0.15) is 30.4 Å². The van der Waals surface area contributed by atoms with Crippen LogP contribution in [0.5, 0.6) is 0 Å². The van der Waals surface area contributed by atoms with E-state index >= 15 is 0 Å². The molecule has 5 rings (SSSR count). The molecule has 1 aromatic heterocycles. The van der Waals surface area contributed by atoms with Gasteiger partial charge in [-0.05, 0) is 67.7 Å². The van der Waals surface area contributed by atoms with E-state index in [1.54, 1.807) is 6.92 Å². The average molecular weight is 465 g/mol. The molecule has 2 saturated heterocycles. The van der Waals surface area contributed by atoms with E-state index in [4.69, 9.17) is 4.74 Å². The first-order valence-electron chi connectivity index (χ1n) is 11.5. The van der Waals surface area contributed by atoms with Gasteiger partial charge >= 0.3 is 6.18 Å². The molecule has 178 valence electrons. The molecule has 3 aliphatic rings. The number of nitrogens with one attached hydrogen (secondary N) is 1. The molecule has 1 aromatic carbocycles. The van der Waals surface area contributed by atoms with Gasteiger partial charge in [0.25, 0.3) is 0 Å². The molecule has 3 atom stereocenters. The Morgan fingerprint density at radius 3 is 2.55 bits per heavy atom. The summed E-state index contributed by atoms with van der Waals surface area (Å²) in [6, 6.07) is 4.89. The van der Waals surface area contributed by atoms with Crippen LogP contribution in [-0.4, -0.2) is 54.0 Å². The zero-order chi connectivity index (χ0) is 23.2. The molecule has 2 aromatic rings. The van der Waals surface area contributed by atoms with Crippen molar-refractivity contribution in [3.63, 3.8) is 0 Å². The van der Waals surface area contributed by atoms with E-state index < -0.39 is 17.6 Å². The number of hydrogen-bond donors (Lipinski definition) is 1. The van der Waals surface area contributed by atoms with E-state index in [0.29, 0.717) is 28.9 Å². The number of aromatic nitrogens is 2. The quantitative estimate of drug-likeness (QED) is 0.647. The second-order valence-electron chi connectivity index (χ2n) is 9.73. The second kappa shape index (κ2) is 8.83. The van der Waals surface area contributed by atoms with E-state index in [9.17, 15) is 17.6 Å². The molecule has 0 spiro atoms. The molecule has 2 aliphatic heterocycles. The lowest BCUT2D eigenvalue weighted by Crippen LogP contribution is -2.30. The van der Waals surface area contributed by atoms with Crippen molar-refractivity contribution >= 4 is 5.82 Å². The van der Waals surface area contributed by atoms with Crippen LogP contribution in [-0.2, 0) is 10.9 Å². The topological polar surface area (TPSA) is 50.3 Å². The maximum atomic E-state index is 13.9. The average Bonchev–Trinajstić information content (AvgIpc) is 3.47. The number of likely N-dealkylation sites (tertiary alicyclic amines) is 1. The van der Waals surface area contributed by atoms with Crippen molar-refractivity contribution in [2.75, 3.05) is 38.2 Å². The molecule has 3 fully saturated rings. The van der Waals surface area contributed by atoms with Crippen molar-refractivity contribution in [1.82, 2.24) is 15.1 Å². The Bertz CT molecular complexity index is 994.